The molecule has 0 aliphatic rings. The third-order valence-corrected chi connectivity index (χ3v) is 4.20. The average molecular weight is 354 g/mol. The van der Waals surface area contributed by atoms with Gasteiger partial charge in [0.2, 0.25) is 0 Å². The second-order valence-corrected chi connectivity index (χ2v) is 11.2. The Morgan fingerprint density at radius 2 is 1.88 bits per heavy atom. The maximum atomic E-state index is 6.34. The van der Waals surface area contributed by atoms with Crippen molar-refractivity contribution in [2.45, 2.75) is 65.8 Å². The summed E-state index contributed by atoms with van der Waals surface area (Å²) in [5, 5.41) is 0. The van der Waals surface area contributed by atoms with E-state index in [2.05, 4.69) is 73.2 Å². The summed E-state index contributed by atoms with van der Waals surface area (Å²) in [6.07, 6.45) is 6.09. The van der Waals surface area contributed by atoms with Crippen LogP contribution >= 0.6 is 22.6 Å². The van der Waals surface area contributed by atoms with Gasteiger partial charge in [-0.25, -0.2) is 0 Å². The fourth-order valence-corrected chi connectivity index (χ4v) is 3.50. The highest BCUT2D eigenvalue weighted by molar-refractivity contribution is 14.1. The van der Waals surface area contributed by atoms with E-state index in [4.69, 9.17) is 4.43 Å². The molecule has 1 nitrogen and oxygen atoms in total. The highest BCUT2D eigenvalue weighted by Gasteiger charge is 2.32. The molecule has 96 valence electrons. The standard InChI is InChI=1S/C13H27IOSi/c1-7-10-13(2,3)12(9-8-11-14)15-16(4,5)6/h8,11-12H,7,9-10H2,1-6H3. The van der Waals surface area contributed by atoms with Gasteiger partial charge in [0, 0.05) is 0 Å². The molecule has 0 aliphatic heterocycles. The first-order valence-electron chi connectivity index (χ1n) is 6.16. The number of hydrogen-bond donors (Lipinski definition) is 0. The van der Waals surface area contributed by atoms with Crippen molar-refractivity contribution in [2.24, 2.45) is 5.41 Å². The average Bonchev–Trinajstić information content (AvgIpc) is 2.10. The van der Waals surface area contributed by atoms with Crippen LogP contribution in [0.1, 0.15) is 40.0 Å². The SMILES string of the molecule is CCCC(C)(C)C(CC=CI)O[Si](C)(C)C. The normalized spacial score (nSPS) is 15.7. The Morgan fingerprint density at radius 3 is 2.25 bits per heavy atom. The van der Waals surface area contributed by atoms with Crippen molar-refractivity contribution in [1.82, 2.24) is 0 Å². The quantitative estimate of drug-likeness (QED) is 0.441. The molecule has 0 aliphatic carbocycles. The lowest BCUT2D eigenvalue weighted by molar-refractivity contribution is 0.0616. The van der Waals surface area contributed by atoms with Crippen molar-refractivity contribution in [3.63, 3.8) is 0 Å². The Hall–Kier alpha value is 0.647. The third-order valence-electron chi connectivity index (χ3n) is 2.70. The molecule has 3 heteroatoms. The first-order valence-corrected chi connectivity index (χ1v) is 10.8. The van der Waals surface area contributed by atoms with Gasteiger partial charge in [-0.3, -0.25) is 0 Å². The minimum absolute atomic E-state index is 0.283. The van der Waals surface area contributed by atoms with E-state index < -0.39 is 8.32 Å². The van der Waals surface area contributed by atoms with Crippen LogP contribution in [-0.2, 0) is 4.43 Å². The molecule has 0 radical (unpaired) electrons. The van der Waals surface area contributed by atoms with Crippen LogP contribution in [0.4, 0.5) is 0 Å². The summed E-state index contributed by atoms with van der Waals surface area (Å²) in [4.78, 5) is 0. The molecule has 0 rings (SSSR count). The molecule has 0 aromatic carbocycles. The second kappa shape index (κ2) is 7.16. The molecule has 0 saturated carbocycles. The Bertz CT molecular complexity index is 218. The molecular formula is C13H27IOSi. The van der Waals surface area contributed by atoms with Gasteiger partial charge >= 0.3 is 0 Å². The van der Waals surface area contributed by atoms with Gasteiger partial charge in [-0.15, -0.1) is 0 Å². The van der Waals surface area contributed by atoms with E-state index >= 15 is 0 Å². The molecule has 16 heavy (non-hydrogen) atoms. The van der Waals surface area contributed by atoms with E-state index in [9.17, 15) is 0 Å². The Morgan fingerprint density at radius 1 is 1.31 bits per heavy atom. The lowest BCUT2D eigenvalue weighted by Gasteiger charge is -2.38. The van der Waals surface area contributed by atoms with Crippen molar-refractivity contribution in [3.8, 4) is 0 Å². The smallest absolute Gasteiger partial charge is 0.184 e. The summed E-state index contributed by atoms with van der Waals surface area (Å²) >= 11 is 2.28. The zero-order chi connectivity index (χ0) is 12.8. The topological polar surface area (TPSA) is 9.23 Å². The van der Waals surface area contributed by atoms with Crippen LogP contribution in [0.5, 0.6) is 0 Å². The summed E-state index contributed by atoms with van der Waals surface area (Å²) in [6, 6.07) is 0. The van der Waals surface area contributed by atoms with E-state index in [0.29, 0.717) is 6.10 Å². The number of hydrogen-bond acceptors (Lipinski definition) is 1. The predicted octanol–water partition coefficient (Wildman–Crippen LogP) is 5.37. The lowest BCUT2D eigenvalue weighted by Crippen LogP contribution is -2.40. The van der Waals surface area contributed by atoms with Crippen molar-refractivity contribution in [3.05, 3.63) is 10.2 Å². The summed E-state index contributed by atoms with van der Waals surface area (Å²) in [5.41, 5.74) is 0.283. The van der Waals surface area contributed by atoms with Gasteiger partial charge in [0.1, 0.15) is 0 Å². The predicted molar refractivity (Wildman–Crippen MR) is 84.7 cm³/mol. The van der Waals surface area contributed by atoms with E-state index in [1.807, 2.05) is 0 Å². The molecule has 0 aromatic rings. The fraction of sp³-hybridized carbons (Fsp3) is 0.846. The highest BCUT2D eigenvalue weighted by Crippen LogP contribution is 2.33. The molecule has 0 fully saturated rings. The highest BCUT2D eigenvalue weighted by atomic mass is 127. The van der Waals surface area contributed by atoms with Crippen LogP contribution in [0.15, 0.2) is 10.2 Å². The van der Waals surface area contributed by atoms with Crippen molar-refractivity contribution in [2.75, 3.05) is 0 Å². The molecule has 0 saturated heterocycles. The summed E-state index contributed by atoms with van der Waals surface area (Å²) in [7, 11) is -1.45. The van der Waals surface area contributed by atoms with E-state index in [0.717, 1.165) is 6.42 Å². The maximum absolute atomic E-state index is 6.34. The van der Waals surface area contributed by atoms with Gasteiger partial charge in [0.15, 0.2) is 8.32 Å². The Kier molecular flexibility index (Phi) is 7.45. The molecule has 0 heterocycles. The molecular weight excluding hydrogens is 327 g/mol. The van der Waals surface area contributed by atoms with Gasteiger partial charge in [-0.2, -0.15) is 0 Å². The van der Waals surface area contributed by atoms with Crippen LogP contribution in [0, 0.1) is 5.41 Å². The summed E-state index contributed by atoms with van der Waals surface area (Å²) in [6.45, 7) is 13.7. The molecule has 0 spiro atoms. The van der Waals surface area contributed by atoms with E-state index in [1.54, 1.807) is 0 Å². The van der Waals surface area contributed by atoms with Crippen LogP contribution in [0.25, 0.3) is 0 Å². The maximum Gasteiger partial charge on any atom is 0.184 e. The molecule has 0 amide bonds. The van der Waals surface area contributed by atoms with Crippen molar-refractivity contribution < 1.29 is 4.43 Å². The van der Waals surface area contributed by atoms with Crippen molar-refractivity contribution in [1.29, 1.82) is 0 Å². The second-order valence-electron chi connectivity index (χ2n) is 6.05. The molecule has 0 aromatic heterocycles. The lowest BCUT2D eigenvalue weighted by atomic mass is 9.81. The monoisotopic (exact) mass is 354 g/mol. The summed E-state index contributed by atoms with van der Waals surface area (Å²) < 4.78 is 8.44. The minimum atomic E-state index is -1.45. The van der Waals surface area contributed by atoms with Crippen LogP contribution in [0.3, 0.4) is 0 Å². The van der Waals surface area contributed by atoms with Gasteiger partial charge < -0.3 is 4.43 Å². The number of rotatable bonds is 7. The van der Waals surface area contributed by atoms with Gasteiger partial charge in [0.25, 0.3) is 0 Å². The van der Waals surface area contributed by atoms with Crippen LogP contribution < -0.4 is 0 Å². The zero-order valence-corrected chi connectivity index (χ0v) is 14.8. The van der Waals surface area contributed by atoms with Gasteiger partial charge in [-0.05, 0) is 42.0 Å². The fourth-order valence-electron chi connectivity index (χ4n) is 1.93. The Labute approximate surface area is 116 Å². The summed E-state index contributed by atoms with van der Waals surface area (Å²) in [5.74, 6) is 0. The molecule has 1 atom stereocenters. The van der Waals surface area contributed by atoms with E-state index in [1.165, 1.54) is 12.8 Å². The van der Waals surface area contributed by atoms with Crippen LogP contribution in [-0.4, -0.2) is 14.4 Å². The van der Waals surface area contributed by atoms with Gasteiger partial charge in [-0.1, -0.05) is 55.9 Å². The van der Waals surface area contributed by atoms with Gasteiger partial charge in [0.05, 0.1) is 6.10 Å². The molecule has 1 unspecified atom stereocenters. The minimum Gasteiger partial charge on any atom is -0.414 e. The largest absolute Gasteiger partial charge is 0.414 e. The molecule has 0 bridgehead atoms. The first kappa shape index (κ1) is 16.6. The Balaban J connectivity index is 4.64. The number of halogens is 1. The van der Waals surface area contributed by atoms with Crippen molar-refractivity contribution >= 4 is 30.9 Å². The third kappa shape index (κ3) is 7.07. The first-order chi connectivity index (χ1) is 7.23. The van der Waals surface area contributed by atoms with Crippen LogP contribution in [0.2, 0.25) is 19.6 Å². The molecule has 0 N–H and O–H groups in total. The zero-order valence-electron chi connectivity index (χ0n) is 11.6. The van der Waals surface area contributed by atoms with E-state index in [-0.39, 0.29) is 5.41 Å².